The third-order valence-corrected chi connectivity index (χ3v) is 6.38. The maximum Gasteiger partial charge on any atom is 0.249 e. The van der Waals surface area contributed by atoms with E-state index in [1.165, 1.54) is 12.0 Å². The van der Waals surface area contributed by atoms with Gasteiger partial charge in [-0.1, -0.05) is 6.07 Å². The zero-order chi connectivity index (χ0) is 22.4. The molecule has 0 aliphatic carbocycles. The lowest BCUT2D eigenvalue weighted by Gasteiger charge is -2.37. The molecule has 0 saturated heterocycles. The average Bonchev–Trinajstić information content (AvgIpc) is 3.24. The maximum absolute atomic E-state index is 13.3. The number of hydrogen-bond acceptors (Lipinski definition) is 6. The number of benzene rings is 1. The molecule has 3 rings (SSSR count). The van der Waals surface area contributed by atoms with Crippen molar-refractivity contribution in [1.29, 1.82) is 0 Å². The van der Waals surface area contributed by atoms with E-state index in [-0.39, 0.29) is 37.0 Å². The van der Waals surface area contributed by atoms with Crippen LogP contribution in [0.4, 0.5) is 0 Å². The molecule has 2 aromatic rings. The Morgan fingerprint density at radius 2 is 2.00 bits per heavy atom. The highest BCUT2D eigenvalue weighted by Gasteiger charge is 2.34. The number of carbonyl (C=O) groups is 2. The normalized spacial score (nSPS) is 15.5. The van der Waals surface area contributed by atoms with Crippen LogP contribution in [-0.2, 0) is 20.7 Å². The fourth-order valence-corrected chi connectivity index (χ4v) is 4.67. The van der Waals surface area contributed by atoms with E-state index in [0.717, 1.165) is 17.7 Å². The Morgan fingerprint density at radius 1 is 1.23 bits per heavy atom. The smallest absolute Gasteiger partial charge is 0.249 e. The van der Waals surface area contributed by atoms with Gasteiger partial charge in [0.1, 0.15) is 31.3 Å². The first-order chi connectivity index (χ1) is 14.9. The molecule has 0 spiro atoms. The SMILES string of the molecule is COCC(=O)N(CC(=O)N1CCc2sccc2C1COc1cccc(OC)c1)C(C)C. The van der Waals surface area contributed by atoms with Crippen molar-refractivity contribution in [2.75, 3.05) is 40.5 Å². The van der Waals surface area contributed by atoms with Crippen molar-refractivity contribution >= 4 is 23.2 Å². The highest BCUT2D eigenvalue weighted by molar-refractivity contribution is 7.10. The number of rotatable bonds is 9. The van der Waals surface area contributed by atoms with Gasteiger partial charge in [0.05, 0.1) is 13.2 Å². The van der Waals surface area contributed by atoms with E-state index in [0.29, 0.717) is 18.9 Å². The first-order valence-electron chi connectivity index (χ1n) is 10.4. The van der Waals surface area contributed by atoms with E-state index in [9.17, 15) is 9.59 Å². The summed E-state index contributed by atoms with van der Waals surface area (Å²) in [6.45, 7) is 4.71. The van der Waals surface area contributed by atoms with Gasteiger partial charge in [0.2, 0.25) is 11.8 Å². The Kier molecular flexibility index (Phi) is 7.92. The first kappa shape index (κ1) is 23.1. The van der Waals surface area contributed by atoms with Crippen LogP contribution in [-0.4, -0.2) is 68.2 Å². The lowest BCUT2D eigenvalue weighted by molar-refractivity contribution is -0.146. The van der Waals surface area contributed by atoms with Crippen molar-refractivity contribution in [2.45, 2.75) is 32.4 Å². The third-order valence-electron chi connectivity index (χ3n) is 5.38. The van der Waals surface area contributed by atoms with Crippen LogP contribution in [0.1, 0.15) is 30.3 Å². The third kappa shape index (κ3) is 5.57. The van der Waals surface area contributed by atoms with Crippen LogP contribution >= 0.6 is 11.3 Å². The van der Waals surface area contributed by atoms with E-state index in [1.54, 1.807) is 23.3 Å². The molecule has 1 aromatic carbocycles. The molecule has 1 aromatic heterocycles. The summed E-state index contributed by atoms with van der Waals surface area (Å²) < 4.78 is 16.3. The Hall–Kier alpha value is -2.58. The van der Waals surface area contributed by atoms with Crippen molar-refractivity contribution in [3.05, 3.63) is 46.2 Å². The molecular weight excluding hydrogens is 416 g/mol. The summed E-state index contributed by atoms with van der Waals surface area (Å²) in [6, 6.07) is 9.19. The highest BCUT2D eigenvalue weighted by Crippen LogP contribution is 2.34. The minimum atomic E-state index is -0.208. The van der Waals surface area contributed by atoms with Crippen LogP contribution in [0.3, 0.4) is 0 Å². The lowest BCUT2D eigenvalue weighted by atomic mass is 10.0. The fraction of sp³-hybridized carbons (Fsp3) is 0.478. The summed E-state index contributed by atoms with van der Waals surface area (Å²) in [7, 11) is 3.09. The molecule has 1 atom stereocenters. The fourth-order valence-electron chi connectivity index (χ4n) is 3.74. The molecule has 0 fully saturated rings. The van der Waals surface area contributed by atoms with Gasteiger partial charge in [0.15, 0.2) is 0 Å². The van der Waals surface area contributed by atoms with E-state index in [4.69, 9.17) is 14.2 Å². The first-order valence-corrected chi connectivity index (χ1v) is 11.2. The minimum Gasteiger partial charge on any atom is -0.497 e. The van der Waals surface area contributed by atoms with Crippen LogP contribution in [0.25, 0.3) is 0 Å². The van der Waals surface area contributed by atoms with Gasteiger partial charge in [0.25, 0.3) is 0 Å². The van der Waals surface area contributed by atoms with Gasteiger partial charge in [-0.15, -0.1) is 11.3 Å². The number of fused-ring (bicyclic) bond motifs is 1. The largest absolute Gasteiger partial charge is 0.497 e. The van der Waals surface area contributed by atoms with Gasteiger partial charge in [-0.3, -0.25) is 9.59 Å². The second-order valence-electron chi connectivity index (χ2n) is 7.69. The minimum absolute atomic E-state index is 0.0228. The molecule has 1 aliphatic rings. The molecule has 0 radical (unpaired) electrons. The molecule has 2 amide bonds. The van der Waals surface area contributed by atoms with Crippen LogP contribution in [0, 0.1) is 0 Å². The molecule has 7 nitrogen and oxygen atoms in total. The Bertz CT molecular complexity index is 898. The Balaban J connectivity index is 1.77. The monoisotopic (exact) mass is 446 g/mol. The molecule has 0 N–H and O–H groups in total. The van der Waals surface area contributed by atoms with E-state index in [2.05, 4.69) is 11.4 Å². The summed E-state index contributed by atoms with van der Waals surface area (Å²) in [6.07, 6.45) is 0.808. The Labute approximate surface area is 187 Å². The van der Waals surface area contributed by atoms with Crippen LogP contribution < -0.4 is 9.47 Å². The number of nitrogens with zero attached hydrogens (tertiary/aromatic N) is 2. The predicted molar refractivity (Wildman–Crippen MR) is 120 cm³/mol. The van der Waals surface area contributed by atoms with Gasteiger partial charge in [0, 0.05) is 30.6 Å². The molecule has 168 valence electrons. The molecule has 1 aliphatic heterocycles. The van der Waals surface area contributed by atoms with Gasteiger partial charge >= 0.3 is 0 Å². The van der Waals surface area contributed by atoms with Crippen molar-refractivity contribution in [2.24, 2.45) is 0 Å². The number of methoxy groups -OCH3 is 2. The zero-order valence-corrected chi connectivity index (χ0v) is 19.3. The van der Waals surface area contributed by atoms with Crippen molar-refractivity contribution in [3.63, 3.8) is 0 Å². The van der Waals surface area contributed by atoms with Gasteiger partial charge in [-0.25, -0.2) is 0 Å². The summed E-state index contributed by atoms with van der Waals surface area (Å²) >= 11 is 1.71. The van der Waals surface area contributed by atoms with E-state index >= 15 is 0 Å². The van der Waals surface area contributed by atoms with Crippen LogP contribution in [0.15, 0.2) is 35.7 Å². The molecule has 0 bridgehead atoms. The van der Waals surface area contributed by atoms with Crippen LogP contribution in [0.5, 0.6) is 11.5 Å². The topological polar surface area (TPSA) is 68.3 Å². The second kappa shape index (κ2) is 10.6. The summed E-state index contributed by atoms with van der Waals surface area (Å²) in [5.74, 6) is 1.13. The second-order valence-corrected chi connectivity index (χ2v) is 8.69. The number of amides is 2. The van der Waals surface area contributed by atoms with E-state index < -0.39 is 0 Å². The standard InChI is InChI=1S/C23H30N2O5S/c1-16(2)25(23(27)15-28-3)13-22(26)24-10-8-21-19(9-11-31-21)20(24)14-30-18-7-5-6-17(12-18)29-4/h5-7,9,11-12,16,20H,8,10,13-15H2,1-4H3. The summed E-state index contributed by atoms with van der Waals surface area (Å²) in [4.78, 5) is 30.4. The van der Waals surface area contributed by atoms with Crippen molar-refractivity contribution < 1.29 is 23.8 Å². The summed E-state index contributed by atoms with van der Waals surface area (Å²) in [5, 5.41) is 2.06. The maximum atomic E-state index is 13.3. The molecule has 31 heavy (non-hydrogen) atoms. The van der Waals surface area contributed by atoms with Crippen LogP contribution in [0.2, 0.25) is 0 Å². The predicted octanol–water partition coefficient (Wildman–Crippen LogP) is 3.14. The lowest BCUT2D eigenvalue weighted by Crippen LogP contribution is -2.50. The number of carbonyl (C=O) groups excluding carboxylic acids is 2. The highest BCUT2D eigenvalue weighted by atomic mass is 32.1. The number of hydrogen-bond donors (Lipinski definition) is 0. The molecule has 8 heteroatoms. The number of thiophene rings is 1. The zero-order valence-electron chi connectivity index (χ0n) is 18.5. The van der Waals surface area contributed by atoms with Gasteiger partial charge in [-0.2, -0.15) is 0 Å². The average molecular weight is 447 g/mol. The quantitative estimate of drug-likeness (QED) is 0.592. The van der Waals surface area contributed by atoms with Crippen molar-refractivity contribution in [3.8, 4) is 11.5 Å². The number of ether oxygens (including phenoxy) is 3. The van der Waals surface area contributed by atoms with Gasteiger partial charge < -0.3 is 24.0 Å². The van der Waals surface area contributed by atoms with E-state index in [1.807, 2.05) is 43.0 Å². The molecule has 0 saturated carbocycles. The molecule has 1 unspecified atom stereocenters. The molecule has 2 heterocycles. The summed E-state index contributed by atoms with van der Waals surface area (Å²) in [5.41, 5.74) is 1.12. The molecular formula is C23H30N2O5S. The Morgan fingerprint density at radius 3 is 2.71 bits per heavy atom. The van der Waals surface area contributed by atoms with Crippen molar-refractivity contribution in [1.82, 2.24) is 9.80 Å². The van der Waals surface area contributed by atoms with Gasteiger partial charge in [-0.05, 0) is 49.4 Å².